The summed E-state index contributed by atoms with van der Waals surface area (Å²) in [6, 6.07) is 4.38. The fourth-order valence-electron chi connectivity index (χ4n) is 2.21. The average Bonchev–Trinajstić information content (AvgIpc) is 2.66. The summed E-state index contributed by atoms with van der Waals surface area (Å²) in [5, 5.41) is 3.49. The van der Waals surface area contributed by atoms with Crippen molar-refractivity contribution in [3.63, 3.8) is 0 Å². The maximum Gasteiger partial charge on any atom is 0.0544 e. The van der Waals surface area contributed by atoms with Crippen LogP contribution in [0.4, 0.5) is 0 Å². The Balaban J connectivity index is 1.84. The van der Waals surface area contributed by atoms with Crippen molar-refractivity contribution in [2.45, 2.75) is 45.8 Å². The zero-order valence-electron chi connectivity index (χ0n) is 13.0. The maximum absolute atomic E-state index is 4.62. The highest BCUT2D eigenvalue weighted by Gasteiger charge is 2.11. The van der Waals surface area contributed by atoms with E-state index in [1.54, 1.807) is 0 Å². The molecule has 0 atom stereocenters. The highest BCUT2D eigenvalue weighted by Crippen LogP contribution is 2.12. The largest absolute Gasteiger partial charge is 0.308 e. The maximum atomic E-state index is 4.62. The Morgan fingerprint density at radius 3 is 2.80 bits per heavy atom. The third-order valence-corrected chi connectivity index (χ3v) is 4.46. The molecule has 1 fully saturated rings. The van der Waals surface area contributed by atoms with Crippen LogP contribution in [0.25, 0.3) is 0 Å². The Morgan fingerprint density at radius 2 is 2.10 bits per heavy atom. The van der Waals surface area contributed by atoms with Crippen LogP contribution in [-0.2, 0) is 13.1 Å². The van der Waals surface area contributed by atoms with Gasteiger partial charge in [0.25, 0.3) is 0 Å². The number of pyridine rings is 1. The standard InChI is InChI=1S/C16H27N3S/c1-16(2,3)18-12-14-5-6-15(17-11-14)13-19-7-4-9-20-10-8-19/h5-6,11,18H,4,7-10,12-13H2,1-3H3. The molecule has 1 aromatic rings. The van der Waals surface area contributed by atoms with Gasteiger partial charge in [0.15, 0.2) is 0 Å². The van der Waals surface area contributed by atoms with Gasteiger partial charge in [0.2, 0.25) is 0 Å². The van der Waals surface area contributed by atoms with E-state index in [0.29, 0.717) is 0 Å². The number of hydrogen-bond acceptors (Lipinski definition) is 4. The van der Waals surface area contributed by atoms with Crippen LogP contribution in [0.2, 0.25) is 0 Å². The van der Waals surface area contributed by atoms with E-state index in [-0.39, 0.29) is 5.54 Å². The zero-order chi connectivity index (χ0) is 14.4. The first-order valence-electron chi connectivity index (χ1n) is 7.52. The van der Waals surface area contributed by atoms with Crippen molar-refractivity contribution in [3.8, 4) is 0 Å². The number of rotatable bonds is 4. The van der Waals surface area contributed by atoms with Gasteiger partial charge >= 0.3 is 0 Å². The number of nitrogens with one attached hydrogen (secondary N) is 1. The fraction of sp³-hybridized carbons (Fsp3) is 0.688. The van der Waals surface area contributed by atoms with Crippen LogP contribution in [0.1, 0.15) is 38.4 Å². The van der Waals surface area contributed by atoms with Crippen LogP contribution in [0.15, 0.2) is 18.3 Å². The molecule has 20 heavy (non-hydrogen) atoms. The van der Waals surface area contributed by atoms with Crippen LogP contribution < -0.4 is 5.32 Å². The van der Waals surface area contributed by atoms with E-state index in [2.05, 4.69) is 59.9 Å². The molecule has 2 heterocycles. The van der Waals surface area contributed by atoms with E-state index in [4.69, 9.17) is 0 Å². The van der Waals surface area contributed by atoms with Crippen molar-refractivity contribution in [1.82, 2.24) is 15.2 Å². The zero-order valence-corrected chi connectivity index (χ0v) is 13.8. The summed E-state index contributed by atoms with van der Waals surface area (Å²) < 4.78 is 0. The summed E-state index contributed by atoms with van der Waals surface area (Å²) in [5.41, 5.74) is 2.61. The topological polar surface area (TPSA) is 28.2 Å². The normalized spacial score (nSPS) is 17.9. The molecule has 0 amide bonds. The van der Waals surface area contributed by atoms with Crippen LogP contribution in [0.3, 0.4) is 0 Å². The van der Waals surface area contributed by atoms with Crippen LogP contribution in [0, 0.1) is 0 Å². The monoisotopic (exact) mass is 293 g/mol. The summed E-state index contributed by atoms with van der Waals surface area (Å²) in [6.07, 6.45) is 3.32. The second-order valence-corrected chi connectivity index (χ2v) is 7.73. The lowest BCUT2D eigenvalue weighted by molar-refractivity contribution is 0.284. The minimum absolute atomic E-state index is 0.155. The molecule has 0 aliphatic carbocycles. The molecule has 3 nitrogen and oxygen atoms in total. The summed E-state index contributed by atoms with van der Waals surface area (Å²) in [6.45, 7) is 10.8. The van der Waals surface area contributed by atoms with Gasteiger partial charge in [-0.3, -0.25) is 9.88 Å². The van der Waals surface area contributed by atoms with E-state index in [1.165, 1.54) is 42.3 Å². The second kappa shape index (κ2) is 7.43. The fourth-order valence-corrected chi connectivity index (χ4v) is 3.13. The molecule has 0 spiro atoms. The number of hydrogen-bond donors (Lipinski definition) is 1. The van der Waals surface area contributed by atoms with Crippen LogP contribution in [-0.4, -0.2) is 40.0 Å². The minimum Gasteiger partial charge on any atom is -0.308 e. The first-order valence-corrected chi connectivity index (χ1v) is 8.67. The van der Waals surface area contributed by atoms with Gasteiger partial charge < -0.3 is 5.32 Å². The van der Waals surface area contributed by atoms with Gasteiger partial charge in [-0.2, -0.15) is 11.8 Å². The summed E-state index contributed by atoms with van der Waals surface area (Å²) in [4.78, 5) is 7.14. The molecule has 1 saturated heterocycles. The van der Waals surface area contributed by atoms with Gasteiger partial charge in [-0.05, 0) is 51.1 Å². The van der Waals surface area contributed by atoms with Gasteiger partial charge in [0, 0.05) is 37.1 Å². The second-order valence-electron chi connectivity index (χ2n) is 6.50. The Labute approximate surface area is 127 Å². The Hall–Kier alpha value is -0.580. The van der Waals surface area contributed by atoms with E-state index in [1.807, 2.05) is 6.20 Å². The van der Waals surface area contributed by atoms with Crippen LogP contribution >= 0.6 is 11.8 Å². The van der Waals surface area contributed by atoms with Gasteiger partial charge in [0.05, 0.1) is 5.69 Å². The molecule has 0 aromatic carbocycles. The molecular formula is C16H27N3S. The molecule has 0 saturated carbocycles. The first kappa shape index (κ1) is 15.8. The van der Waals surface area contributed by atoms with Gasteiger partial charge in [-0.25, -0.2) is 0 Å². The number of thioether (sulfide) groups is 1. The highest BCUT2D eigenvalue weighted by atomic mass is 32.2. The predicted molar refractivity (Wildman–Crippen MR) is 88.0 cm³/mol. The van der Waals surface area contributed by atoms with Crippen molar-refractivity contribution in [1.29, 1.82) is 0 Å². The number of aromatic nitrogens is 1. The molecule has 112 valence electrons. The van der Waals surface area contributed by atoms with Crippen molar-refractivity contribution in [2.75, 3.05) is 24.6 Å². The van der Waals surface area contributed by atoms with Gasteiger partial charge in [-0.1, -0.05) is 6.07 Å². The molecule has 2 rings (SSSR count). The quantitative estimate of drug-likeness (QED) is 0.924. The molecular weight excluding hydrogens is 266 g/mol. The van der Waals surface area contributed by atoms with E-state index < -0.39 is 0 Å². The molecule has 0 bridgehead atoms. The van der Waals surface area contributed by atoms with E-state index in [0.717, 1.165) is 13.1 Å². The molecule has 1 aliphatic heterocycles. The van der Waals surface area contributed by atoms with E-state index in [9.17, 15) is 0 Å². The molecule has 1 aromatic heterocycles. The third kappa shape index (κ3) is 5.81. The smallest absolute Gasteiger partial charge is 0.0544 e. The SMILES string of the molecule is CC(C)(C)NCc1ccc(CN2CCCSCC2)nc1. The molecule has 1 aliphatic rings. The summed E-state index contributed by atoms with van der Waals surface area (Å²) >= 11 is 2.07. The summed E-state index contributed by atoms with van der Waals surface area (Å²) in [5.74, 6) is 2.56. The molecule has 1 N–H and O–H groups in total. The predicted octanol–water partition coefficient (Wildman–Crippen LogP) is 2.91. The minimum atomic E-state index is 0.155. The van der Waals surface area contributed by atoms with Gasteiger partial charge in [0.1, 0.15) is 0 Å². The highest BCUT2D eigenvalue weighted by molar-refractivity contribution is 7.99. The van der Waals surface area contributed by atoms with Gasteiger partial charge in [-0.15, -0.1) is 0 Å². The van der Waals surface area contributed by atoms with Crippen LogP contribution in [0.5, 0.6) is 0 Å². The van der Waals surface area contributed by atoms with Crippen molar-refractivity contribution >= 4 is 11.8 Å². The first-order chi connectivity index (χ1) is 9.53. The third-order valence-electron chi connectivity index (χ3n) is 3.41. The lowest BCUT2D eigenvalue weighted by atomic mass is 10.1. The van der Waals surface area contributed by atoms with Crippen molar-refractivity contribution in [3.05, 3.63) is 29.6 Å². The average molecular weight is 293 g/mol. The lowest BCUT2D eigenvalue weighted by Gasteiger charge is -2.21. The lowest BCUT2D eigenvalue weighted by Crippen LogP contribution is -2.35. The molecule has 0 radical (unpaired) electrons. The summed E-state index contributed by atoms with van der Waals surface area (Å²) in [7, 11) is 0. The molecule has 4 heteroatoms. The number of nitrogens with zero attached hydrogens (tertiary/aromatic N) is 2. The van der Waals surface area contributed by atoms with Crippen molar-refractivity contribution < 1.29 is 0 Å². The Kier molecular flexibility index (Phi) is 5.87. The molecule has 0 unspecified atom stereocenters. The van der Waals surface area contributed by atoms with E-state index >= 15 is 0 Å². The van der Waals surface area contributed by atoms with Crippen molar-refractivity contribution in [2.24, 2.45) is 0 Å². The Bertz CT molecular complexity index is 389. The Morgan fingerprint density at radius 1 is 1.25 bits per heavy atom.